The van der Waals surface area contributed by atoms with Gasteiger partial charge in [-0.2, -0.15) is 8.78 Å². The van der Waals surface area contributed by atoms with Gasteiger partial charge in [0, 0.05) is 19.2 Å². The molecular formula is C19H24F3NO4. The van der Waals surface area contributed by atoms with Crippen LogP contribution in [0.25, 0.3) is 0 Å². The van der Waals surface area contributed by atoms with Gasteiger partial charge < -0.3 is 19.1 Å². The summed E-state index contributed by atoms with van der Waals surface area (Å²) in [7, 11) is 0. The maximum Gasteiger partial charge on any atom is 0.410 e. The van der Waals surface area contributed by atoms with Crippen molar-refractivity contribution in [1.29, 1.82) is 0 Å². The molecule has 8 heteroatoms. The quantitative estimate of drug-likeness (QED) is 0.766. The molecule has 0 spiro atoms. The number of carbonyl (C=O) groups excluding carboxylic acids is 1. The van der Waals surface area contributed by atoms with Crippen molar-refractivity contribution in [3.05, 3.63) is 24.0 Å². The molecule has 5 nitrogen and oxygen atoms in total. The highest BCUT2D eigenvalue weighted by atomic mass is 19.3. The Labute approximate surface area is 156 Å². The molecule has 1 saturated heterocycles. The molecule has 1 aliphatic heterocycles. The molecule has 0 unspecified atom stereocenters. The Morgan fingerprint density at radius 3 is 2.33 bits per heavy atom. The lowest BCUT2D eigenvalue weighted by Gasteiger charge is -2.25. The second-order valence-corrected chi connectivity index (χ2v) is 8.09. The summed E-state index contributed by atoms with van der Waals surface area (Å²) in [5.74, 6) is -0.392. The number of likely N-dealkylation sites (tertiary alicyclic amines) is 1. The second-order valence-electron chi connectivity index (χ2n) is 8.09. The van der Waals surface area contributed by atoms with Crippen molar-refractivity contribution in [2.45, 2.75) is 51.9 Å². The number of carbonyl (C=O) groups is 1. The number of amides is 1. The number of alkyl halides is 2. The monoisotopic (exact) mass is 387 g/mol. The van der Waals surface area contributed by atoms with E-state index in [4.69, 9.17) is 9.47 Å². The van der Waals surface area contributed by atoms with Gasteiger partial charge in [-0.05, 0) is 57.6 Å². The van der Waals surface area contributed by atoms with Gasteiger partial charge in [0.1, 0.15) is 11.4 Å². The first-order chi connectivity index (χ1) is 12.6. The molecule has 3 rings (SSSR count). The minimum atomic E-state index is -3.00. The molecule has 150 valence electrons. The first-order valence-electron chi connectivity index (χ1n) is 8.99. The van der Waals surface area contributed by atoms with Crippen molar-refractivity contribution in [2.75, 3.05) is 13.1 Å². The fourth-order valence-corrected chi connectivity index (χ4v) is 3.75. The SMILES string of the molecule is CC(C)(C)OC(=O)N1C[C@H]2CC(Oc3ccc(OC(F)F)cc3F)C[C@@H]2C1. The fourth-order valence-electron chi connectivity index (χ4n) is 3.75. The Kier molecular flexibility index (Phi) is 5.44. The summed E-state index contributed by atoms with van der Waals surface area (Å²) in [5.41, 5.74) is -0.530. The first kappa shape index (κ1) is 19.6. The van der Waals surface area contributed by atoms with E-state index in [0.29, 0.717) is 25.9 Å². The van der Waals surface area contributed by atoms with Gasteiger partial charge in [0.15, 0.2) is 11.6 Å². The van der Waals surface area contributed by atoms with E-state index < -0.39 is 18.0 Å². The van der Waals surface area contributed by atoms with E-state index in [1.165, 1.54) is 12.1 Å². The van der Waals surface area contributed by atoms with Gasteiger partial charge in [-0.3, -0.25) is 0 Å². The van der Waals surface area contributed by atoms with Crippen LogP contribution < -0.4 is 9.47 Å². The van der Waals surface area contributed by atoms with Gasteiger partial charge in [-0.25, -0.2) is 9.18 Å². The summed E-state index contributed by atoms with van der Waals surface area (Å²) in [6.07, 6.45) is 0.935. The van der Waals surface area contributed by atoms with E-state index in [-0.39, 0.29) is 35.5 Å². The topological polar surface area (TPSA) is 48.0 Å². The summed E-state index contributed by atoms with van der Waals surface area (Å²) >= 11 is 0. The fraction of sp³-hybridized carbons (Fsp3) is 0.632. The highest BCUT2D eigenvalue weighted by molar-refractivity contribution is 5.68. The van der Waals surface area contributed by atoms with Gasteiger partial charge >= 0.3 is 12.7 Å². The smallest absolute Gasteiger partial charge is 0.410 e. The molecule has 0 aromatic heterocycles. The maximum absolute atomic E-state index is 14.1. The van der Waals surface area contributed by atoms with Gasteiger partial charge in [0.05, 0.1) is 6.10 Å². The van der Waals surface area contributed by atoms with Crippen molar-refractivity contribution < 1.29 is 32.2 Å². The third-order valence-electron chi connectivity index (χ3n) is 4.78. The van der Waals surface area contributed by atoms with Crippen molar-refractivity contribution >= 4 is 6.09 Å². The van der Waals surface area contributed by atoms with Crippen LogP contribution in [0.3, 0.4) is 0 Å². The molecule has 0 radical (unpaired) electrons. The summed E-state index contributed by atoms with van der Waals surface area (Å²) in [6, 6.07) is 3.44. The third-order valence-corrected chi connectivity index (χ3v) is 4.78. The van der Waals surface area contributed by atoms with E-state index in [0.717, 1.165) is 6.07 Å². The number of hydrogen-bond donors (Lipinski definition) is 0. The zero-order valence-electron chi connectivity index (χ0n) is 15.6. The molecule has 2 atom stereocenters. The number of rotatable bonds is 4. The van der Waals surface area contributed by atoms with Crippen LogP contribution >= 0.6 is 0 Å². The van der Waals surface area contributed by atoms with Gasteiger partial charge in [0.25, 0.3) is 0 Å². The molecule has 1 heterocycles. The molecular weight excluding hydrogens is 363 g/mol. The third kappa shape index (κ3) is 4.99. The summed E-state index contributed by atoms with van der Waals surface area (Å²) in [6.45, 7) is 3.69. The van der Waals surface area contributed by atoms with Crippen molar-refractivity contribution in [3.63, 3.8) is 0 Å². The number of nitrogens with zero attached hydrogens (tertiary/aromatic N) is 1. The molecule has 2 fully saturated rings. The van der Waals surface area contributed by atoms with Crippen LogP contribution in [0.15, 0.2) is 18.2 Å². The number of halogens is 3. The first-order valence-corrected chi connectivity index (χ1v) is 8.99. The lowest BCUT2D eigenvalue weighted by atomic mass is 10.0. The molecule has 1 aromatic carbocycles. The Hall–Kier alpha value is -2.12. The minimum Gasteiger partial charge on any atom is -0.487 e. The van der Waals surface area contributed by atoms with Gasteiger partial charge in [-0.15, -0.1) is 0 Å². The number of hydrogen-bond acceptors (Lipinski definition) is 4. The average molecular weight is 387 g/mol. The van der Waals surface area contributed by atoms with Gasteiger partial charge in [0.2, 0.25) is 0 Å². The molecule has 1 aromatic rings. The standard InChI is InChI=1S/C19H24F3NO4/c1-19(2,3)27-18(24)23-9-11-6-14(7-12(11)10-23)25-16-5-4-13(8-15(16)20)26-17(21)22/h4-5,8,11-12,14,17H,6-7,9-10H2,1-3H3/t11-,12-/m1/s1. The maximum atomic E-state index is 14.1. The Morgan fingerprint density at radius 2 is 1.81 bits per heavy atom. The van der Waals surface area contributed by atoms with Crippen molar-refractivity contribution in [1.82, 2.24) is 4.90 Å². The van der Waals surface area contributed by atoms with Gasteiger partial charge in [-0.1, -0.05) is 0 Å². The van der Waals surface area contributed by atoms with Crippen LogP contribution in [0, 0.1) is 17.7 Å². The largest absolute Gasteiger partial charge is 0.487 e. The lowest BCUT2D eigenvalue weighted by Crippen LogP contribution is -2.36. The molecule has 1 amide bonds. The van der Waals surface area contributed by atoms with Crippen LogP contribution in [0.1, 0.15) is 33.6 Å². The van der Waals surface area contributed by atoms with Crippen LogP contribution in [-0.4, -0.2) is 42.4 Å². The number of fused-ring (bicyclic) bond motifs is 1. The van der Waals surface area contributed by atoms with Crippen LogP contribution in [0.4, 0.5) is 18.0 Å². The normalized spacial score (nSPS) is 22.9. The van der Waals surface area contributed by atoms with E-state index in [2.05, 4.69) is 4.74 Å². The summed E-state index contributed by atoms with van der Waals surface area (Å²) < 4.78 is 53.7. The summed E-state index contributed by atoms with van der Waals surface area (Å²) in [5, 5.41) is 0. The van der Waals surface area contributed by atoms with Crippen molar-refractivity contribution in [2.24, 2.45) is 11.8 Å². The van der Waals surface area contributed by atoms with Crippen LogP contribution in [0.5, 0.6) is 11.5 Å². The minimum absolute atomic E-state index is 0.0191. The molecule has 0 bridgehead atoms. The van der Waals surface area contributed by atoms with E-state index in [1.807, 2.05) is 20.8 Å². The molecule has 1 aliphatic carbocycles. The highest BCUT2D eigenvalue weighted by Crippen LogP contribution is 2.40. The van der Waals surface area contributed by atoms with Crippen molar-refractivity contribution in [3.8, 4) is 11.5 Å². The molecule has 27 heavy (non-hydrogen) atoms. The zero-order valence-corrected chi connectivity index (χ0v) is 15.6. The molecule has 2 aliphatic rings. The van der Waals surface area contributed by atoms with E-state index in [1.54, 1.807) is 4.90 Å². The second kappa shape index (κ2) is 7.48. The van der Waals surface area contributed by atoms with Crippen LogP contribution in [-0.2, 0) is 4.74 Å². The highest BCUT2D eigenvalue weighted by Gasteiger charge is 2.44. The Balaban J connectivity index is 1.53. The molecule has 0 N–H and O–H groups in total. The Morgan fingerprint density at radius 1 is 1.19 bits per heavy atom. The zero-order chi connectivity index (χ0) is 19.8. The predicted molar refractivity (Wildman–Crippen MR) is 91.5 cm³/mol. The van der Waals surface area contributed by atoms with E-state index in [9.17, 15) is 18.0 Å². The Bertz CT molecular complexity index is 678. The summed E-state index contributed by atoms with van der Waals surface area (Å²) in [4.78, 5) is 13.9. The van der Waals surface area contributed by atoms with Crippen LogP contribution in [0.2, 0.25) is 0 Å². The van der Waals surface area contributed by atoms with E-state index >= 15 is 0 Å². The molecule has 1 saturated carbocycles. The number of benzene rings is 1. The predicted octanol–water partition coefficient (Wildman–Crippen LogP) is 4.45. The average Bonchev–Trinajstić information content (AvgIpc) is 3.06. The number of ether oxygens (including phenoxy) is 3. The lowest BCUT2D eigenvalue weighted by molar-refractivity contribution is -0.0500.